The highest BCUT2D eigenvalue weighted by atomic mass is 32.2. The Labute approximate surface area is 98.0 Å². The molecule has 16 heavy (non-hydrogen) atoms. The Morgan fingerprint density at radius 1 is 1.25 bits per heavy atom. The van der Waals surface area contributed by atoms with Crippen LogP contribution < -0.4 is 0 Å². The molecular weight excluding hydrogens is 218 g/mol. The van der Waals surface area contributed by atoms with E-state index in [1.54, 1.807) is 0 Å². The fourth-order valence-electron chi connectivity index (χ4n) is 1.56. The zero-order valence-electron chi connectivity index (χ0n) is 9.77. The lowest BCUT2D eigenvalue weighted by atomic mass is 10.3. The van der Waals surface area contributed by atoms with Crippen LogP contribution in [0.2, 0.25) is 0 Å². The number of aryl methyl sites for hydroxylation is 1. The lowest BCUT2D eigenvalue weighted by molar-refractivity contribution is 0.773. The highest BCUT2D eigenvalue weighted by Gasteiger charge is 2.09. The molecule has 1 aromatic carbocycles. The average molecular weight is 233 g/mol. The van der Waals surface area contributed by atoms with Crippen LogP contribution in [0.1, 0.15) is 11.4 Å². The summed E-state index contributed by atoms with van der Waals surface area (Å²) in [6, 6.07) is 8.21. The SMILES string of the molecule is C=S(C)c1ccccc1-n1nnc(C)c1C. The lowest BCUT2D eigenvalue weighted by Crippen LogP contribution is -2.01. The second-order valence-electron chi connectivity index (χ2n) is 3.78. The van der Waals surface area contributed by atoms with Gasteiger partial charge >= 0.3 is 0 Å². The van der Waals surface area contributed by atoms with Gasteiger partial charge in [0, 0.05) is 4.90 Å². The van der Waals surface area contributed by atoms with Crippen LogP contribution in [0.4, 0.5) is 0 Å². The molecule has 0 N–H and O–H groups in total. The topological polar surface area (TPSA) is 30.7 Å². The minimum Gasteiger partial charge on any atom is -0.216 e. The van der Waals surface area contributed by atoms with Crippen LogP contribution in [-0.2, 0) is 0 Å². The van der Waals surface area contributed by atoms with E-state index < -0.39 is 0 Å². The van der Waals surface area contributed by atoms with Crippen molar-refractivity contribution in [2.45, 2.75) is 18.7 Å². The van der Waals surface area contributed by atoms with Gasteiger partial charge in [0.15, 0.2) is 0 Å². The van der Waals surface area contributed by atoms with Crippen LogP contribution in [0.25, 0.3) is 5.69 Å². The van der Waals surface area contributed by atoms with Crippen molar-refractivity contribution < 1.29 is 0 Å². The van der Waals surface area contributed by atoms with E-state index in [1.807, 2.05) is 30.7 Å². The number of aromatic nitrogens is 3. The fourth-order valence-corrected chi connectivity index (χ4v) is 2.38. The number of rotatable bonds is 2. The standard InChI is InChI=1S/C12H15N3S/c1-9-10(2)15(14-13-9)11-7-5-6-8-12(11)16(3)4/h5-8H,3H2,1-2,4H3. The molecule has 3 nitrogen and oxygen atoms in total. The summed E-state index contributed by atoms with van der Waals surface area (Å²) in [5.41, 5.74) is 3.13. The molecule has 4 heteroatoms. The van der Waals surface area contributed by atoms with E-state index in [9.17, 15) is 0 Å². The first kappa shape index (κ1) is 11.1. The van der Waals surface area contributed by atoms with Gasteiger partial charge in [0.2, 0.25) is 0 Å². The minimum absolute atomic E-state index is 0.0286. The maximum Gasteiger partial charge on any atom is 0.0830 e. The summed E-state index contributed by atoms with van der Waals surface area (Å²) >= 11 is 0. The van der Waals surface area contributed by atoms with Crippen molar-refractivity contribution in [3.63, 3.8) is 0 Å². The largest absolute Gasteiger partial charge is 0.216 e. The summed E-state index contributed by atoms with van der Waals surface area (Å²) in [7, 11) is -0.0286. The first-order valence-corrected chi connectivity index (χ1v) is 6.85. The van der Waals surface area contributed by atoms with E-state index in [4.69, 9.17) is 0 Å². The predicted molar refractivity (Wildman–Crippen MR) is 69.7 cm³/mol. The van der Waals surface area contributed by atoms with Crippen molar-refractivity contribution in [1.29, 1.82) is 0 Å². The number of hydrogen-bond donors (Lipinski definition) is 0. The molecule has 0 saturated carbocycles. The van der Waals surface area contributed by atoms with Gasteiger partial charge in [-0.25, -0.2) is 4.68 Å². The highest BCUT2D eigenvalue weighted by molar-refractivity contribution is 8.13. The van der Waals surface area contributed by atoms with Gasteiger partial charge in [-0.1, -0.05) is 23.2 Å². The maximum atomic E-state index is 4.17. The van der Waals surface area contributed by atoms with E-state index in [2.05, 4.69) is 34.6 Å². The van der Waals surface area contributed by atoms with Gasteiger partial charge < -0.3 is 0 Å². The molecule has 1 heterocycles. The zero-order chi connectivity index (χ0) is 11.7. The van der Waals surface area contributed by atoms with Crippen molar-refractivity contribution in [1.82, 2.24) is 15.0 Å². The van der Waals surface area contributed by atoms with E-state index in [-0.39, 0.29) is 10.5 Å². The highest BCUT2D eigenvalue weighted by Crippen LogP contribution is 2.28. The molecule has 2 aromatic rings. The smallest absolute Gasteiger partial charge is 0.0830 e. The average Bonchev–Trinajstić information content (AvgIpc) is 2.60. The second-order valence-corrected chi connectivity index (χ2v) is 5.49. The van der Waals surface area contributed by atoms with Gasteiger partial charge in [0.25, 0.3) is 0 Å². The van der Waals surface area contributed by atoms with Crippen molar-refractivity contribution >= 4 is 16.4 Å². The normalized spacial score (nSPS) is 12.7. The Kier molecular flexibility index (Phi) is 2.92. The number of nitrogens with zero attached hydrogens (tertiary/aromatic N) is 3. The molecule has 0 radical (unpaired) electrons. The monoisotopic (exact) mass is 233 g/mol. The first-order chi connectivity index (χ1) is 7.61. The first-order valence-electron chi connectivity index (χ1n) is 5.05. The zero-order valence-corrected chi connectivity index (χ0v) is 10.6. The molecule has 0 aliphatic carbocycles. The van der Waals surface area contributed by atoms with Gasteiger partial charge in [-0.2, -0.15) is 10.5 Å². The van der Waals surface area contributed by atoms with E-state index in [0.29, 0.717) is 0 Å². The summed E-state index contributed by atoms with van der Waals surface area (Å²) in [6.45, 7) is 4.00. The van der Waals surface area contributed by atoms with Crippen molar-refractivity contribution in [3.8, 4) is 5.69 Å². The molecule has 1 aromatic heterocycles. The van der Waals surface area contributed by atoms with Gasteiger partial charge in [-0.3, -0.25) is 0 Å². The molecular formula is C12H15N3S. The van der Waals surface area contributed by atoms with Crippen molar-refractivity contribution in [3.05, 3.63) is 35.7 Å². The Morgan fingerprint density at radius 2 is 1.94 bits per heavy atom. The third-order valence-electron chi connectivity index (χ3n) is 2.59. The van der Waals surface area contributed by atoms with Gasteiger partial charge in [-0.15, -0.1) is 5.10 Å². The molecule has 0 spiro atoms. The van der Waals surface area contributed by atoms with Gasteiger partial charge in [-0.05, 0) is 32.2 Å². The Morgan fingerprint density at radius 3 is 2.50 bits per heavy atom. The Bertz CT molecular complexity index is 543. The maximum absolute atomic E-state index is 4.17. The van der Waals surface area contributed by atoms with Crippen LogP contribution in [0.3, 0.4) is 0 Å². The molecule has 1 unspecified atom stereocenters. The molecule has 1 atom stereocenters. The summed E-state index contributed by atoms with van der Waals surface area (Å²) in [5, 5.41) is 8.26. The molecule has 0 aliphatic heterocycles. The van der Waals surface area contributed by atoms with E-state index in [0.717, 1.165) is 17.1 Å². The number of hydrogen-bond acceptors (Lipinski definition) is 2. The number of para-hydroxylation sites is 1. The molecule has 2 rings (SSSR count). The van der Waals surface area contributed by atoms with Crippen LogP contribution in [-0.4, -0.2) is 27.1 Å². The lowest BCUT2D eigenvalue weighted by Gasteiger charge is -2.10. The van der Waals surface area contributed by atoms with Crippen molar-refractivity contribution in [2.24, 2.45) is 0 Å². The predicted octanol–water partition coefficient (Wildman–Crippen LogP) is 2.57. The number of benzene rings is 1. The quantitative estimate of drug-likeness (QED) is 0.746. The fraction of sp³-hybridized carbons (Fsp3) is 0.250. The van der Waals surface area contributed by atoms with Crippen LogP contribution in [0.5, 0.6) is 0 Å². The van der Waals surface area contributed by atoms with Crippen molar-refractivity contribution in [2.75, 3.05) is 6.26 Å². The van der Waals surface area contributed by atoms with Crippen LogP contribution >= 0.6 is 10.5 Å². The summed E-state index contributed by atoms with van der Waals surface area (Å²) in [6.07, 6.45) is 2.11. The molecule has 84 valence electrons. The molecule has 0 amide bonds. The van der Waals surface area contributed by atoms with Gasteiger partial charge in [0.1, 0.15) is 0 Å². The summed E-state index contributed by atoms with van der Waals surface area (Å²) < 4.78 is 1.89. The molecule has 0 aliphatic rings. The second kappa shape index (κ2) is 4.22. The van der Waals surface area contributed by atoms with E-state index in [1.165, 1.54) is 4.90 Å². The molecule has 0 fully saturated rings. The Balaban J connectivity index is 2.64. The molecule has 0 bridgehead atoms. The van der Waals surface area contributed by atoms with Crippen LogP contribution in [0.15, 0.2) is 29.2 Å². The van der Waals surface area contributed by atoms with Crippen LogP contribution in [0, 0.1) is 13.8 Å². The summed E-state index contributed by atoms with van der Waals surface area (Å²) in [4.78, 5) is 1.22. The third kappa shape index (κ3) is 1.80. The van der Waals surface area contributed by atoms with E-state index >= 15 is 0 Å². The van der Waals surface area contributed by atoms with Gasteiger partial charge in [0.05, 0.1) is 17.1 Å². The molecule has 0 saturated heterocycles. The Hall–Kier alpha value is -1.42. The third-order valence-corrected chi connectivity index (χ3v) is 3.69. The minimum atomic E-state index is -0.0286. The summed E-state index contributed by atoms with van der Waals surface area (Å²) in [5.74, 6) is 4.10.